The summed E-state index contributed by atoms with van der Waals surface area (Å²) in [6, 6.07) is 10.9. The maximum atomic E-state index is 15.4. The fraction of sp³-hybridized carbons (Fsp3) is 0.207. The van der Waals surface area contributed by atoms with Gasteiger partial charge in [-0.2, -0.15) is 0 Å². The second-order valence-corrected chi connectivity index (χ2v) is 9.82. The van der Waals surface area contributed by atoms with Crippen LogP contribution in [0.1, 0.15) is 40.2 Å². The first kappa shape index (κ1) is 29.7. The summed E-state index contributed by atoms with van der Waals surface area (Å²) >= 11 is 5.79. The fourth-order valence-electron chi connectivity index (χ4n) is 4.42. The van der Waals surface area contributed by atoms with Crippen LogP contribution in [0.5, 0.6) is 5.88 Å². The monoisotopic (exact) mass is 610 g/mol. The quantitative estimate of drug-likeness (QED) is 0.208. The van der Waals surface area contributed by atoms with Crippen LogP contribution in [0.25, 0.3) is 11.3 Å². The van der Waals surface area contributed by atoms with Gasteiger partial charge in [-0.15, -0.1) is 10.2 Å². The number of nitrogens with zero attached hydrogens (tertiary/aromatic N) is 6. The van der Waals surface area contributed by atoms with Gasteiger partial charge in [0.1, 0.15) is 29.9 Å². The number of halogens is 4. The van der Waals surface area contributed by atoms with Gasteiger partial charge in [-0.3, -0.25) is 10.2 Å². The van der Waals surface area contributed by atoms with Crippen LogP contribution in [-0.2, 0) is 26.1 Å². The van der Waals surface area contributed by atoms with Crippen molar-refractivity contribution >= 4 is 17.5 Å². The molecule has 14 heteroatoms. The van der Waals surface area contributed by atoms with Crippen LogP contribution in [-0.4, -0.2) is 42.3 Å². The van der Waals surface area contributed by atoms with Gasteiger partial charge in [-0.1, -0.05) is 23.7 Å². The molecule has 0 saturated carbocycles. The van der Waals surface area contributed by atoms with Crippen molar-refractivity contribution in [3.63, 3.8) is 0 Å². The lowest BCUT2D eigenvalue weighted by atomic mass is 10.0. The van der Waals surface area contributed by atoms with Crippen LogP contribution < -0.4 is 15.6 Å². The number of hydrazine groups is 1. The Balaban J connectivity index is 1.40. The third-order valence-corrected chi connectivity index (χ3v) is 6.84. The van der Waals surface area contributed by atoms with E-state index < -0.39 is 23.4 Å². The number of hydrogen-bond acceptors (Lipinski definition) is 7. The van der Waals surface area contributed by atoms with Gasteiger partial charge >= 0.3 is 5.91 Å². The minimum absolute atomic E-state index is 0.00471. The maximum absolute atomic E-state index is 15.4. The summed E-state index contributed by atoms with van der Waals surface area (Å²) < 4.78 is 53.9. The van der Waals surface area contributed by atoms with E-state index in [0.717, 1.165) is 17.8 Å². The SMILES string of the molecule is CCn1cncc1Cn1c(Cc2cc(F)c(-c3cccc(OCc4ccc(Cl)cc4F)n3)cc2F)nnc1C(=O)NNC. The zero-order valence-electron chi connectivity index (χ0n) is 23.1. The number of amides is 1. The number of nitrogens with one attached hydrogen (secondary N) is 2. The third kappa shape index (κ3) is 6.68. The van der Waals surface area contributed by atoms with Gasteiger partial charge in [0, 0.05) is 48.4 Å². The molecule has 5 rings (SSSR count). The Labute approximate surface area is 249 Å². The smallest absolute Gasteiger partial charge is 0.303 e. The Morgan fingerprint density at radius 1 is 1.02 bits per heavy atom. The van der Waals surface area contributed by atoms with Crippen molar-refractivity contribution in [2.24, 2.45) is 0 Å². The van der Waals surface area contributed by atoms with Crippen molar-refractivity contribution in [2.45, 2.75) is 33.0 Å². The molecule has 5 aromatic rings. The molecular formula is C29H26ClF3N8O2. The predicted molar refractivity (Wildman–Crippen MR) is 152 cm³/mol. The van der Waals surface area contributed by atoms with Gasteiger partial charge in [0.15, 0.2) is 0 Å². The van der Waals surface area contributed by atoms with E-state index in [1.807, 2.05) is 11.5 Å². The van der Waals surface area contributed by atoms with Crippen molar-refractivity contribution in [2.75, 3.05) is 7.05 Å². The second-order valence-electron chi connectivity index (χ2n) is 9.39. The molecule has 0 aliphatic carbocycles. The van der Waals surface area contributed by atoms with Crippen molar-refractivity contribution in [3.8, 4) is 17.1 Å². The molecule has 2 N–H and O–H groups in total. The molecule has 3 heterocycles. The van der Waals surface area contributed by atoms with Crippen molar-refractivity contribution in [3.05, 3.63) is 112 Å². The van der Waals surface area contributed by atoms with E-state index in [4.69, 9.17) is 16.3 Å². The van der Waals surface area contributed by atoms with E-state index in [2.05, 4.69) is 31.0 Å². The first-order valence-electron chi connectivity index (χ1n) is 13.2. The predicted octanol–water partition coefficient (Wildman–Crippen LogP) is 4.71. The topological polar surface area (TPSA) is 112 Å². The van der Waals surface area contributed by atoms with Crippen LogP contribution >= 0.6 is 11.6 Å². The zero-order valence-corrected chi connectivity index (χ0v) is 23.9. The highest BCUT2D eigenvalue weighted by Gasteiger charge is 2.22. The average molecular weight is 611 g/mol. The summed E-state index contributed by atoms with van der Waals surface area (Å²) in [5.41, 5.74) is 6.08. The normalized spacial score (nSPS) is 11.1. The van der Waals surface area contributed by atoms with E-state index >= 15 is 8.78 Å². The number of benzene rings is 2. The van der Waals surface area contributed by atoms with Crippen molar-refractivity contribution < 1.29 is 22.7 Å². The van der Waals surface area contributed by atoms with Gasteiger partial charge in [-0.25, -0.2) is 28.6 Å². The van der Waals surface area contributed by atoms with Crippen molar-refractivity contribution in [1.82, 2.24) is 40.2 Å². The first-order chi connectivity index (χ1) is 20.8. The molecule has 3 aromatic heterocycles. The number of carbonyl (C=O) groups excluding carboxylic acids is 1. The van der Waals surface area contributed by atoms with E-state index in [0.29, 0.717) is 6.54 Å². The van der Waals surface area contributed by atoms with Gasteiger partial charge in [0.05, 0.1) is 24.3 Å². The number of carbonyl (C=O) groups is 1. The first-order valence-corrected chi connectivity index (χ1v) is 13.5. The summed E-state index contributed by atoms with van der Waals surface area (Å²) in [7, 11) is 1.53. The molecule has 0 aliphatic heterocycles. The van der Waals surface area contributed by atoms with Crippen LogP contribution in [0, 0.1) is 17.5 Å². The largest absolute Gasteiger partial charge is 0.473 e. The lowest BCUT2D eigenvalue weighted by Crippen LogP contribution is -2.36. The molecule has 10 nitrogen and oxygen atoms in total. The van der Waals surface area contributed by atoms with Crippen molar-refractivity contribution in [1.29, 1.82) is 0 Å². The van der Waals surface area contributed by atoms with Gasteiger partial charge in [-0.05, 0) is 42.8 Å². The van der Waals surface area contributed by atoms with Crippen LogP contribution in [0.4, 0.5) is 13.2 Å². The second kappa shape index (κ2) is 13.0. The summed E-state index contributed by atoms with van der Waals surface area (Å²) in [5, 5.41) is 8.37. The minimum Gasteiger partial charge on any atom is -0.473 e. The highest BCUT2D eigenvalue weighted by molar-refractivity contribution is 6.30. The molecule has 0 unspecified atom stereocenters. The Morgan fingerprint density at radius 3 is 2.60 bits per heavy atom. The van der Waals surface area contributed by atoms with Crippen LogP contribution in [0.2, 0.25) is 5.02 Å². The molecule has 2 aromatic carbocycles. The molecule has 0 bridgehead atoms. The Morgan fingerprint density at radius 2 is 1.84 bits per heavy atom. The summed E-state index contributed by atoms with van der Waals surface area (Å²) in [5.74, 6) is -2.17. The lowest BCUT2D eigenvalue weighted by Gasteiger charge is -2.13. The van der Waals surface area contributed by atoms with Gasteiger partial charge < -0.3 is 13.9 Å². The fourth-order valence-corrected chi connectivity index (χ4v) is 4.58. The molecule has 0 atom stereocenters. The number of imidazole rings is 1. The molecule has 0 spiro atoms. The molecule has 43 heavy (non-hydrogen) atoms. The Hall–Kier alpha value is -4.75. The van der Waals surface area contributed by atoms with E-state index in [-0.39, 0.29) is 64.5 Å². The van der Waals surface area contributed by atoms with Crippen LogP contribution in [0.15, 0.2) is 61.1 Å². The van der Waals surface area contributed by atoms with E-state index in [9.17, 15) is 9.18 Å². The Kier molecular flexibility index (Phi) is 9.02. The lowest BCUT2D eigenvalue weighted by molar-refractivity contribution is 0.0922. The number of ether oxygens (including phenoxy) is 1. The number of pyridine rings is 1. The highest BCUT2D eigenvalue weighted by atomic mass is 35.5. The molecule has 222 valence electrons. The van der Waals surface area contributed by atoms with Gasteiger partial charge in [0.25, 0.3) is 0 Å². The molecule has 1 amide bonds. The molecular weight excluding hydrogens is 585 g/mol. The maximum Gasteiger partial charge on any atom is 0.303 e. The molecule has 0 aliphatic rings. The summed E-state index contributed by atoms with van der Waals surface area (Å²) in [4.78, 5) is 21.1. The van der Waals surface area contributed by atoms with Crippen LogP contribution in [0.3, 0.4) is 0 Å². The average Bonchev–Trinajstić information content (AvgIpc) is 3.61. The number of hydrogen-bond donors (Lipinski definition) is 2. The number of rotatable bonds is 11. The number of aryl methyl sites for hydroxylation is 1. The minimum atomic E-state index is -0.729. The Bertz CT molecular complexity index is 1770. The molecule has 0 radical (unpaired) electrons. The van der Waals surface area contributed by atoms with Gasteiger partial charge in [0.2, 0.25) is 11.7 Å². The van der Waals surface area contributed by atoms with E-state index in [1.54, 1.807) is 18.6 Å². The summed E-state index contributed by atoms with van der Waals surface area (Å²) in [6.45, 7) is 2.64. The van der Waals surface area contributed by atoms with E-state index in [1.165, 1.54) is 41.9 Å². The molecule has 0 fully saturated rings. The summed E-state index contributed by atoms with van der Waals surface area (Å²) in [6.07, 6.45) is 3.16. The third-order valence-electron chi connectivity index (χ3n) is 6.60. The zero-order chi connectivity index (χ0) is 30.5. The highest BCUT2D eigenvalue weighted by Crippen LogP contribution is 2.27. The molecule has 0 saturated heterocycles. The standard InChI is InChI=1S/C29H26ClF3N8O2/c1-3-40-16-35-13-20(40)14-41-26(37-38-28(41)29(42)39-34-2)10-18-9-24(33)21(12-23(18)32)25-5-4-6-27(36-25)43-15-17-7-8-19(30)11-22(17)31/h4-9,11-13,16,34H,3,10,14-15H2,1-2H3,(H,39,42). The number of aromatic nitrogens is 6.